The second-order valence-electron chi connectivity index (χ2n) is 9.01. The molecule has 0 fully saturated rings. The Balaban J connectivity index is 0. The van der Waals surface area contributed by atoms with E-state index in [1.807, 2.05) is 0 Å². The third kappa shape index (κ3) is 20.0. The Morgan fingerprint density at radius 1 is 0.744 bits per heavy atom. The first kappa shape index (κ1) is 39.5. The van der Waals surface area contributed by atoms with Crippen LogP contribution in [-0.2, 0) is 41.8 Å². The molecule has 230 valence electrons. The third-order valence-corrected chi connectivity index (χ3v) is 9.25. The number of methoxy groups -OCH3 is 3. The highest BCUT2D eigenvalue weighted by atomic mass is 28.4. The Morgan fingerprint density at radius 3 is 1.56 bits per heavy atom. The zero-order valence-electron chi connectivity index (χ0n) is 25.2. The summed E-state index contributed by atoms with van der Waals surface area (Å²) in [5, 5.41) is 8.60. The van der Waals surface area contributed by atoms with Crippen LogP contribution >= 0.6 is 0 Å². The summed E-state index contributed by atoms with van der Waals surface area (Å²) in [6.07, 6.45) is 14.9. The van der Waals surface area contributed by atoms with Gasteiger partial charge in [0.1, 0.15) is 0 Å². The molecular formula is C28H54O10Si. The summed E-state index contributed by atoms with van der Waals surface area (Å²) in [6.45, 7) is 7.32. The Kier molecular flexibility index (Phi) is 25.7. The standard InChI is InChI=1S/C19H36O5.C9H18O5Si/c1-5-18(20)24-17-15-13-11-9-7-6-8-10-12-14-16-19(21-2,22-3)23-4;1-8(9(10)11)6-5-7-15(12-2,13-3)14-4/h5H,1,6-17H2,2-4H3;1,5-7H2,2-4H3,(H,10,11). The van der Waals surface area contributed by atoms with Crippen molar-refractivity contribution in [2.45, 2.75) is 95.5 Å². The zero-order chi connectivity index (χ0) is 30.0. The van der Waals surface area contributed by atoms with Gasteiger partial charge in [-0.15, -0.1) is 0 Å². The lowest BCUT2D eigenvalue weighted by molar-refractivity contribution is -0.355. The molecule has 11 heteroatoms. The van der Waals surface area contributed by atoms with Crippen molar-refractivity contribution in [3.05, 3.63) is 24.8 Å². The lowest BCUT2D eigenvalue weighted by Crippen LogP contribution is -2.42. The van der Waals surface area contributed by atoms with E-state index < -0.39 is 20.7 Å². The second-order valence-corrected chi connectivity index (χ2v) is 12.1. The molecule has 10 nitrogen and oxygen atoms in total. The molecule has 39 heavy (non-hydrogen) atoms. The number of carbonyl (C=O) groups excluding carboxylic acids is 1. The first-order valence-corrected chi connectivity index (χ1v) is 15.6. The van der Waals surface area contributed by atoms with Crippen molar-refractivity contribution in [1.29, 1.82) is 0 Å². The summed E-state index contributed by atoms with van der Waals surface area (Å²) in [7, 11) is 6.87. The predicted octanol–water partition coefficient (Wildman–Crippen LogP) is 5.89. The molecule has 0 unspecified atom stereocenters. The van der Waals surface area contributed by atoms with Gasteiger partial charge in [0.2, 0.25) is 0 Å². The summed E-state index contributed by atoms with van der Waals surface area (Å²) in [4.78, 5) is 21.3. The number of hydrogen-bond acceptors (Lipinski definition) is 9. The van der Waals surface area contributed by atoms with Gasteiger partial charge in [0, 0.05) is 66.8 Å². The molecular weight excluding hydrogens is 524 g/mol. The Morgan fingerprint density at radius 2 is 1.18 bits per heavy atom. The number of carboxylic acid groups (broad SMARTS) is 1. The predicted molar refractivity (Wildman–Crippen MR) is 153 cm³/mol. The highest BCUT2D eigenvalue weighted by Crippen LogP contribution is 2.21. The van der Waals surface area contributed by atoms with Gasteiger partial charge >= 0.3 is 20.7 Å². The van der Waals surface area contributed by atoms with E-state index in [9.17, 15) is 9.59 Å². The molecule has 0 saturated heterocycles. The maximum absolute atomic E-state index is 10.8. The van der Waals surface area contributed by atoms with Crippen LogP contribution in [-0.4, -0.2) is 81.1 Å². The topological polar surface area (TPSA) is 119 Å². The lowest BCUT2D eigenvalue weighted by atomic mass is 10.1. The average Bonchev–Trinajstić information content (AvgIpc) is 2.96. The van der Waals surface area contributed by atoms with E-state index in [1.165, 1.54) is 72.4 Å². The fourth-order valence-electron chi connectivity index (χ4n) is 3.83. The third-order valence-electron chi connectivity index (χ3n) is 6.42. The van der Waals surface area contributed by atoms with Crippen LogP contribution in [0, 0.1) is 0 Å². The molecule has 0 aliphatic rings. The van der Waals surface area contributed by atoms with E-state index in [4.69, 9.17) is 37.3 Å². The number of aliphatic carboxylic acids is 1. The molecule has 0 heterocycles. The van der Waals surface area contributed by atoms with Crippen LogP contribution in [0.15, 0.2) is 24.8 Å². The van der Waals surface area contributed by atoms with Gasteiger partial charge in [-0.1, -0.05) is 64.5 Å². The summed E-state index contributed by atoms with van der Waals surface area (Å²) in [5.41, 5.74) is 0.196. The molecule has 0 saturated carbocycles. The van der Waals surface area contributed by atoms with Gasteiger partial charge in [0.25, 0.3) is 5.97 Å². The molecule has 0 bridgehead atoms. The smallest absolute Gasteiger partial charge is 0.478 e. The number of esters is 1. The monoisotopic (exact) mass is 578 g/mol. The first-order chi connectivity index (χ1) is 18.6. The molecule has 0 aliphatic heterocycles. The van der Waals surface area contributed by atoms with E-state index in [1.54, 1.807) is 21.3 Å². The number of carboxylic acids is 1. The highest BCUT2D eigenvalue weighted by molar-refractivity contribution is 6.60. The van der Waals surface area contributed by atoms with Crippen LogP contribution in [0.25, 0.3) is 0 Å². The van der Waals surface area contributed by atoms with Gasteiger partial charge in [0.15, 0.2) is 0 Å². The van der Waals surface area contributed by atoms with Crippen molar-refractivity contribution in [3.63, 3.8) is 0 Å². The van der Waals surface area contributed by atoms with Crippen molar-refractivity contribution < 1.29 is 46.9 Å². The van der Waals surface area contributed by atoms with Crippen molar-refractivity contribution in [3.8, 4) is 0 Å². The van der Waals surface area contributed by atoms with Crippen LogP contribution < -0.4 is 0 Å². The van der Waals surface area contributed by atoms with Gasteiger partial charge < -0.3 is 37.3 Å². The minimum Gasteiger partial charge on any atom is -0.478 e. The maximum Gasteiger partial charge on any atom is 0.500 e. The Labute approximate surface area is 237 Å². The zero-order valence-corrected chi connectivity index (χ0v) is 26.2. The first-order valence-electron chi connectivity index (χ1n) is 13.7. The molecule has 0 aromatic heterocycles. The Bertz CT molecular complexity index is 632. The molecule has 0 aromatic rings. The van der Waals surface area contributed by atoms with Gasteiger partial charge in [-0.05, 0) is 25.7 Å². The van der Waals surface area contributed by atoms with Gasteiger partial charge in [-0.25, -0.2) is 9.59 Å². The quantitative estimate of drug-likeness (QED) is 0.0462. The van der Waals surface area contributed by atoms with Crippen LogP contribution in [0.1, 0.15) is 83.5 Å². The normalized spacial score (nSPS) is 11.4. The van der Waals surface area contributed by atoms with E-state index in [-0.39, 0.29) is 11.5 Å². The molecule has 0 rings (SSSR count). The minimum atomic E-state index is -2.55. The summed E-state index contributed by atoms with van der Waals surface area (Å²) >= 11 is 0. The molecule has 0 atom stereocenters. The molecule has 1 N–H and O–H groups in total. The maximum atomic E-state index is 10.8. The highest BCUT2D eigenvalue weighted by Gasteiger charge is 2.37. The molecule has 0 aromatic carbocycles. The van der Waals surface area contributed by atoms with Crippen LogP contribution in [0.3, 0.4) is 0 Å². The van der Waals surface area contributed by atoms with E-state index in [2.05, 4.69) is 13.2 Å². The van der Waals surface area contributed by atoms with E-state index >= 15 is 0 Å². The molecule has 0 aliphatic carbocycles. The van der Waals surface area contributed by atoms with Gasteiger partial charge in [0.05, 0.1) is 6.61 Å². The number of ether oxygens (including phenoxy) is 4. The van der Waals surface area contributed by atoms with Crippen molar-refractivity contribution in [1.82, 2.24) is 0 Å². The largest absolute Gasteiger partial charge is 0.500 e. The number of rotatable bonds is 25. The average molecular weight is 579 g/mol. The van der Waals surface area contributed by atoms with E-state index in [0.717, 1.165) is 25.7 Å². The molecule has 0 amide bonds. The van der Waals surface area contributed by atoms with Crippen molar-refractivity contribution in [2.75, 3.05) is 49.3 Å². The van der Waals surface area contributed by atoms with Crippen molar-refractivity contribution >= 4 is 20.7 Å². The van der Waals surface area contributed by atoms with Gasteiger partial charge in [-0.2, -0.15) is 0 Å². The van der Waals surface area contributed by atoms with Crippen LogP contribution in [0.2, 0.25) is 6.04 Å². The SMILES string of the molecule is C=C(CCC[Si](OC)(OC)OC)C(=O)O.C=CC(=O)OCCCCCCCCCCCCC(OC)(OC)OC. The number of carbonyl (C=O) groups is 2. The van der Waals surface area contributed by atoms with Crippen molar-refractivity contribution in [2.24, 2.45) is 0 Å². The fraction of sp³-hybridized carbons (Fsp3) is 0.786. The minimum absolute atomic E-state index is 0.196. The van der Waals surface area contributed by atoms with Crippen LogP contribution in [0.4, 0.5) is 0 Å². The summed E-state index contributed by atoms with van der Waals surface area (Å²) in [6, 6.07) is 0.586. The second kappa shape index (κ2) is 25.4. The fourth-order valence-corrected chi connectivity index (χ4v) is 5.55. The van der Waals surface area contributed by atoms with Gasteiger partial charge in [-0.3, -0.25) is 0 Å². The summed E-state index contributed by atoms with van der Waals surface area (Å²) in [5.74, 6) is -2.16. The Hall–Kier alpha value is -1.60. The number of hydrogen-bond donors (Lipinski definition) is 1. The summed E-state index contributed by atoms with van der Waals surface area (Å²) < 4.78 is 36.4. The van der Waals surface area contributed by atoms with Crippen LogP contribution in [0.5, 0.6) is 0 Å². The number of unbranched alkanes of at least 4 members (excludes halogenated alkanes) is 9. The molecule has 0 radical (unpaired) electrons. The van der Waals surface area contributed by atoms with E-state index in [0.29, 0.717) is 25.5 Å². The molecule has 0 spiro atoms. The lowest BCUT2D eigenvalue weighted by Gasteiger charge is -2.28.